The van der Waals surface area contributed by atoms with Crippen molar-refractivity contribution in [3.63, 3.8) is 0 Å². The topological polar surface area (TPSA) is 15.3 Å². The van der Waals surface area contributed by atoms with Gasteiger partial charge in [-0.15, -0.1) is 0 Å². The van der Waals surface area contributed by atoms with E-state index in [1.165, 1.54) is 19.4 Å². The Labute approximate surface area is 192 Å². The Bertz CT molecular complexity index is 930. The standard InChI is InChI=1S/C28H33ClN2/c1-3-31(4-2)22-12-11-21-30-26-19-17-24(18-20-26)27(23-13-7-5-8-14-23)28(29)25-15-9-6-10-16-25/h5-10,13-20,30H,3-4,11-12,21-22H2,1-2H3/b28-27-. The highest BCUT2D eigenvalue weighted by Gasteiger charge is 2.12. The first-order chi connectivity index (χ1) is 15.2. The van der Waals surface area contributed by atoms with Crippen molar-refractivity contribution in [3.05, 3.63) is 102 Å². The van der Waals surface area contributed by atoms with Crippen LogP contribution in [0.5, 0.6) is 0 Å². The molecule has 2 nitrogen and oxygen atoms in total. The maximum Gasteiger partial charge on any atom is 0.0562 e. The summed E-state index contributed by atoms with van der Waals surface area (Å²) in [6.45, 7) is 8.89. The second-order valence-corrected chi connectivity index (χ2v) is 8.04. The summed E-state index contributed by atoms with van der Waals surface area (Å²) in [5.74, 6) is 0. The first-order valence-corrected chi connectivity index (χ1v) is 11.7. The number of benzene rings is 3. The van der Waals surface area contributed by atoms with Crippen LogP contribution in [0.3, 0.4) is 0 Å². The molecule has 0 aromatic heterocycles. The van der Waals surface area contributed by atoms with Crippen LogP contribution in [0.2, 0.25) is 0 Å². The molecular weight excluding hydrogens is 400 g/mol. The summed E-state index contributed by atoms with van der Waals surface area (Å²) in [5, 5.41) is 4.32. The maximum atomic E-state index is 6.91. The second kappa shape index (κ2) is 12.3. The zero-order valence-electron chi connectivity index (χ0n) is 18.7. The van der Waals surface area contributed by atoms with Gasteiger partial charge in [0, 0.05) is 17.8 Å². The number of hydrogen-bond acceptors (Lipinski definition) is 2. The highest BCUT2D eigenvalue weighted by molar-refractivity contribution is 6.53. The van der Waals surface area contributed by atoms with Crippen molar-refractivity contribution >= 4 is 27.9 Å². The van der Waals surface area contributed by atoms with Crippen LogP contribution in [0.4, 0.5) is 5.69 Å². The number of hydrogen-bond donors (Lipinski definition) is 1. The van der Waals surface area contributed by atoms with Crippen molar-refractivity contribution in [3.8, 4) is 0 Å². The molecule has 3 rings (SSSR count). The summed E-state index contributed by atoms with van der Waals surface area (Å²) in [6.07, 6.45) is 2.40. The molecule has 0 atom stereocenters. The summed E-state index contributed by atoms with van der Waals surface area (Å²) < 4.78 is 0. The normalized spacial score (nSPS) is 12.0. The van der Waals surface area contributed by atoms with E-state index in [1.54, 1.807) is 0 Å². The fourth-order valence-electron chi connectivity index (χ4n) is 3.74. The highest BCUT2D eigenvalue weighted by atomic mass is 35.5. The molecule has 0 heterocycles. The van der Waals surface area contributed by atoms with Crippen LogP contribution in [-0.2, 0) is 0 Å². The lowest BCUT2D eigenvalue weighted by Crippen LogP contribution is -2.24. The molecule has 0 aliphatic rings. The zero-order valence-corrected chi connectivity index (χ0v) is 19.4. The largest absolute Gasteiger partial charge is 0.385 e. The number of unbranched alkanes of at least 4 members (excludes halogenated alkanes) is 1. The van der Waals surface area contributed by atoms with Crippen molar-refractivity contribution < 1.29 is 0 Å². The molecule has 0 fully saturated rings. The molecule has 0 amide bonds. The van der Waals surface area contributed by atoms with Gasteiger partial charge in [0.05, 0.1) is 5.03 Å². The number of nitrogens with one attached hydrogen (secondary N) is 1. The molecule has 3 heteroatoms. The van der Waals surface area contributed by atoms with Gasteiger partial charge in [-0.1, -0.05) is 98.2 Å². The summed E-state index contributed by atoms with van der Waals surface area (Å²) in [4.78, 5) is 2.47. The fraction of sp³-hybridized carbons (Fsp3) is 0.286. The molecule has 0 aliphatic carbocycles. The van der Waals surface area contributed by atoms with Crippen LogP contribution in [0, 0.1) is 0 Å². The smallest absolute Gasteiger partial charge is 0.0562 e. The van der Waals surface area contributed by atoms with Gasteiger partial charge in [0.25, 0.3) is 0 Å². The Morgan fingerprint density at radius 1 is 0.710 bits per heavy atom. The number of halogens is 1. The minimum Gasteiger partial charge on any atom is -0.385 e. The highest BCUT2D eigenvalue weighted by Crippen LogP contribution is 2.35. The van der Waals surface area contributed by atoms with Crippen LogP contribution >= 0.6 is 11.6 Å². The Kier molecular flexibility index (Phi) is 9.20. The molecule has 0 spiro atoms. The van der Waals surface area contributed by atoms with E-state index in [1.807, 2.05) is 24.3 Å². The molecular formula is C28H33ClN2. The van der Waals surface area contributed by atoms with E-state index >= 15 is 0 Å². The minimum absolute atomic E-state index is 0.768. The van der Waals surface area contributed by atoms with E-state index in [-0.39, 0.29) is 0 Å². The predicted molar refractivity (Wildman–Crippen MR) is 137 cm³/mol. The zero-order chi connectivity index (χ0) is 21.9. The lowest BCUT2D eigenvalue weighted by atomic mass is 9.95. The van der Waals surface area contributed by atoms with E-state index in [9.17, 15) is 0 Å². The summed E-state index contributed by atoms with van der Waals surface area (Å²) in [7, 11) is 0. The maximum absolute atomic E-state index is 6.91. The van der Waals surface area contributed by atoms with Gasteiger partial charge in [-0.25, -0.2) is 0 Å². The third-order valence-corrected chi connectivity index (χ3v) is 6.01. The lowest BCUT2D eigenvalue weighted by Gasteiger charge is -2.17. The van der Waals surface area contributed by atoms with E-state index < -0.39 is 0 Å². The molecule has 0 aliphatic heterocycles. The average molecular weight is 433 g/mol. The van der Waals surface area contributed by atoms with Gasteiger partial charge in [-0.2, -0.15) is 0 Å². The Balaban J connectivity index is 1.72. The van der Waals surface area contributed by atoms with Crippen LogP contribution in [-0.4, -0.2) is 31.1 Å². The fourth-order valence-corrected chi connectivity index (χ4v) is 4.09. The van der Waals surface area contributed by atoms with Gasteiger partial charge in [0.1, 0.15) is 0 Å². The Morgan fingerprint density at radius 3 is 1.84 bits per heavy atom. The van der Waals surface area contributed by atoms with Gasteiger partial charge >= 0.3 is 0 Å². The molecule has 3 aromatic carbocycles. The molecule has 0 unspecified atom stereocenters. The van der Waals surface area contributed by atoms with Gasteiger partial charge in [0.2, 0.25) is 0 Å². The van der Waals surface area contributed by atoms with Crippen molar-refractivity contribution in [1.29, 1.82) is 0 Å². The monoisotopic (exact) mass is 432 g/mol. The number of rotatable bonds is 11. The second-order valence-electron chi connectivity index (χ2n) is 7.66. The van der Waals surface area contributed by atoms with Gasteiger partial charge in [-0.3, -0.25) is 0 Å². The van der Waals surface area contributed by atoms with Gasteiger partial charge in [-0.05, 0) is 61.3 Å². The summed E-state index contributed by atoms with van der Waals surface area (Å²) >= 11 is 6.91. The summed E-state index contributed by atoms with van der Waals surface area (Å²) in [6, 6.07) is 29.2. The molecule has 31 heavy (non-hydrogen) atoms. The molecule has 0 radical (unpaired) electrons. The lowest BCUT2D eigenvalue weighted by molar-refractivity contribution is 0.298. The van der Waals surface area contributed by atoms with Crippen molar-refractivity contribution in [2.24, 2.45) is 0 Å². The third-order valence-electron chi connectivity index (χ3n) is 5.61. The number of anilines is 1. The van der Waals surface area contributed by atoms with E-state index in [2.05, 4.69) is 84.7 Å². The van der Waals surface area contributed by atoms with Crippen molar-refractivity contribution in [1.82, 2.24) is 4.90 Å². The van der Waals surface area contributed by atoms with Crippen molar-refractivity contribution in [2.75, 3.05) is 31.5 Å². The molecule has 1 N–H and O–H groups in total. The average Bonchev–Trinajstić information content (AvgIpc) is 2.83. The Hall–Kier alpha value is -2.55. The predicted octanol–water partition coefficient (Wildman–Crippen LogP) is 7.38. The molecule has 0 saturated heterocycles. The van der Waals surface area contributed by atoms with Gasteiger partial charge in [0.15, 0.2) is 0 Å². The SMILES string of the molecule is CCN(CC)CCCCNc1ccc(/C(=C(\Cl)c2ccccc2)c2ccccc2)cc1. The minimum atomic E-state index is 0.768. The quantitative estimate of drug-likeness (QED) is 0.251. The van der Waals surface area contributed by atoms with E-state index in [4.69, 9.17) is 11.6 Å². The molecule has 0 bridgehead atoms. The van der Waals surface area contributed by atoms with E-state index in [0.29, 0.717) is 0 Å². The van der Waals surface area contributed by atoms with Crippen molar-refractivity contribution in [2.45, 2.75) is 26.7 Å². The molecule has 0 saturated carbocycles. The van der Waals surface area contributed by atoms with Crippen LogP contribution in [0.15, 0.2) is 84.9 Å². The molecule has 162 valence electrons. The van der Waals surface area contributed by atoms with Crippen LogP contribution in [0.25, 0.3) is 10.6 Å². The summed E-state index contributed by atoms with van der Waals surface area (Å²) in [5.41, 5.74) is 5.47. The third kappa shape index (κ3) is 6.72. The first kappa shape index (κ1) is 23.1. The van der Waals surface area contributed by atoms with Crippen LogP contribution < -0.4 is 5.32 Å². The number of nitrogens with zero attached hydrogens (tertiary/aromatic N) is 1. The Morgan fingerprint density at radius 2 is 1.26 bits per heavy atom. The van der Waals surface area contributed by atoms with E-state index in [0.717, 1.165) is 52.6 Å². The molecule has 3 aromatic rings. The van der Waals surface area contributed by atoms with Gasteiger partial charge < -0.3 is 10.2 Å². The van der Waals surface area contributed by atoms with Crippen LogP contribution in [0.1, 0.15) is 43.4 Å². The first-order valence-electron chi connectivity index (χ1n) is 11.3.